The summed E-state index contributed by atoms with van der Waals surface area (Å²) in [7, 11) is 4.16. The van der Waals surface area contributed by atoms with Crippen molar-refractivity contribution in [1.29, 1.82) is 0 Å². The average Bonchev–Trinajstić information content (AvgIpc) is 3.20. The molecule has 0 saturated heterocycles. The van der Waals surface area contributed by atoms with Crippen LogP contribution in [0.15, 0.2) is 67.4 Å². The third kappa shape index (κ3) is 4.85. The predicted octanol–water partition coefficient (Wildman–Crippen LogP) is 6.09. The molecule has 2 aromatic carbocycles. The van der Waals surface area contributed by atoms with E-state index in [-0.39, 0.29) is 5.91 Å². The Balaban J connectivity index is 1.85. The van der Waals surface area contributed by atoms with E-state index in [4.69, 9.17) is 11.6 Å². The number of aromatic amines is 1. The number of benzene rings is 2. The first-order valence-electron chi connectivity index (χ1n) is 10.8. The topological polar surface area (TPSA) is 61.0 Å². The van der Waals surface area contributed by atoms with Crippen molar-refractivity contribution in [1.82, 2.24) is 14.9 Å². The molecule has 2 heterocycles. The monoisotopic (exact) mass is 458 g/mol. The van der Waals surface area contributed by atoms with Gasteiger partial charge in [-0.1, -0.05) is 54.6 Å². The van der Waals surface area contributed by atoms with E-state index in [0.717, 1.165) is 57.6 Å². The van der Waals surface area contributed by atoms with Gasteiger partial charge in [-0.3, -0.25) is 4.79 Å². The molecule has 6 heteroatoms. The van der Waals surface area contributed by atoms with Crippen molar-refractivity contribution in [3.8, 4) is 22.4 Å². The minimum absolute atomic E-state index is 0.248. The average molecular weight is 459 g/mol. The maximum atomic E-state index is 11.9. The van der Waals surface area contributed by atoms with Gasteiger partial charge >= 0.3 is 0 Å². The minimum Gasteiger partial charge on any atom is -0.339 e. The van der Waals surface area contributed by atoms with E-state index in [0.29, 0.717) is 5.02 Å². The third-order valence-electron chi connectivity index (χ3n) is 5.70. The van der Waals surface area contributed by atoms with Gasteiger partial charge in [0, 0.05) is 29.4 Å². The predicted molar refractivity (Wildman–Crippen MR) is 138 cm³/mol. The first kappa shape index (κ1) is 22.8. The summed E-state index contributed by atoms with van der Waals surface area (Å²) in [5.74, 6) is -0.248. The number of carbonyl (C=O) groups excluding carboxylic acids is 1. The van der Waals surface area contributed by atoms with Crippen LogP contribution in [-0.4, -0.2) is 41.4 Å². The van der Waals surface area contributed by atoms with Crippen LogP contribution in [0.5, 0.6) is 0 Å². The number of hydrogen-bond acceptors (Lipinski definition) is 3. The fourth-order valence-corrected chi connectivity index (χ4v) is 4.11. The van der Waals surface area contributed by atoms with Crippen molar-refractivity contribution in [2.24, 2.45) is 0 Å². The number of nitrogens with one attached hydrogen (secondary N) is 2. The summed E-state index contributed by atoms with van der Waals surface area (Å²) in [6.07, 6.45) is 3.95. The molecule has 0 aliphatic carbocycles. The molecular weight excluding hydrogens is 432 g/mol. The Bertz CT molecular complexity index is 1320. The maximum absolute atomic E-state index is 11.9. The molecule has 0 atom stereocenters. The van der Waals surface area contributed by atoms with Gasteiger partial charge in [0.25, 0.3) is 0 Å². The first-order valence-corrected chi connectivity index (χ1v) is 11.2. The van der Waals surface area contributed by atoms with E-state index < -0.39 is 0 Å². The van der Waals surface area contributed by atoms with Crippen molar-refractivity contribution in [3.63, 3.8) is 0 Å². The number of halogens is 1. The van der Waals surface area contributed by atoms with E-state index in [2.05, 4.69) is 65.1 Å². The fourth-order valence-electron chi connectivity index (χ4n) is 3.87. The number of pyridine rings is 1. The van der Waals surface area contributed by atoms with E-state index in [9.17, 15) is 4.79 Å². The fraction of sp³-hybridized carbons (Fsp3) is 0.185. The SMILES string of the molecule is C=CC(=O)Nc1cc(-c2c(-c3ccc(CCN(C)C)cc3)[nH]c3nccc(Cl)c23)ccc1C. The summed E-state index contributed by atoms with van der Waals surface area (Å²) in [5.41, 5.74) is 7.58. The van der Waals surface area contributed by atoms with Crippen LogP contribution in [0.4, 0.5) is 5.69 Å². The maximum Gasteiger partial charge on any atom is 0.247 e. The zero-order valence-electron chi connectivity index (χ0n) is 19.1. The molecule has 5 nitrogen and oxygen atoms in total. The number of amides is 1. The lowest BCUT2D eigenvalue weighted by atomic mass is 9.96. The second kappa shape index (κ2) is 9.61. The van der Waals surface area contributed by atoms with E-state index in [1.807, 2.05) is 25.1 Å². The molecule has 0 saturated carbocycles. The number of H-pyrrole nitrogens is 1. The molecule has 0 radical (unpaired) electrons. The summed E-state index contributed by atoms with van der Waals surface area (Å²) in [6, 6.07) is 16.4. The van der Waals surface area contributed by atoms with Crippen LogP contribution in [0.2, 0.25) is 5.02 Å². The van der Waals surface area contributed by atoms with Gasteiger partial charge in [-0.2, -0.15) is 0 Å². The quantitative estimate of drug-likeness (QED) is 0.329. The molecule has 4 aromatic rings. The molecule has 33 heavy (non-hydrogen) atoms. The Morgan fingerprint density at radius 2 is 1.88 bits per heavy atom. The molecule has 1 amide bonds. The normalized spacial score (nSPS) is 11.2. The zero-order chi connectivity index (χ0) is 23.5. The van der Waals surface area contributed by atoms with Crippen LogP contribution >= 0.6 is 11.6 Å². The number of hydrogen-bond donors (Lipinski definition) is 2. The summed E-state index contributed by atoms with van der Waals surface area (Å²) < 4.78 is 0. The summed E-state index contributed by atoms with van der Waals surface area (Å²) in [4.78, 5) is 22.1. The highest BCUT2D eigenvalue weighted by molar-refractivity contribution is 6.36. The number of aryl methyl sites for hydroxylation is 1. The summed E-state index contributed by atoms with van der Waals surface area (Å²) in [5, 5.41) is 4.37. The van der Waals surface area contributed by atoms with Crippen molar-refractivity contribution < 1.29 is 4.79 Å². The number of fused-ring (bicyclic) bond motifs is 1. The van der Waals surface area contributed by atoms with E-state index >= 15 is 0 Å². The molecule has 0 spiro atoms. The van der Waals surface area contributed by atoms with Gasteiger partial charge in [0.15, 0.2) is 0 Å². The van der Waals surface area contributed by atoms with Crippen LogP contribution in [0.3, 0.4) is 0 Å². The lowest BCUT2D eigenvalue weighted by Gasteiger charge is -2.12. The third-order valence-corrected chi connectivity index (χ3v) is 6.02. The standard InChI is InChI=1S/C27H27ClN4O/c1-5-23(33)30-22-16-20(9-6-17(22)2)24-25-21(28)12-14-29-27(25)31-26(24)19-10-7-18(8-11-19)13-15-32(3)4/h5-12,14,16H,1,13,15H2,2-4H3,(H,29,31)(H,30,33). The lowest BCUT2D eigenvalue weighted by molar-refractivity contribution is -0.111. The Kier molecular flexibility index (Phi) is 6.63. The smallest absolute Gasteiger partial charge is 0.247 e. The van der Waals surface area contributed by atoms with Gasteiger partial charge in [0.2, 0.25) is 5.91 Å². The Labute approximate surface area is 199 Å². The molecule has 0 fully saturated rings. The van der Waals surface area contributed by atoms with E-state index in [1.165, 1.54) is 11.6 Å². The number of anilines is 1. The largest absolute Gasteiger partial charge is 0.339 e. The van der Waals surface area contributed by atoms with Crippen LogP contribution in [0, 0.1) is 6.92 Å². The number of aromatic nitrogens is 2. The van der Waals surface area contributed by atoms with Gasteiger partial charge in [-0.05, 0) is 67.9 Å². The van der Waals surface area contributed by atoms with Crippen molar-refractivity contribution in [2.75, 3.05) is 26.0 Å². The molecular formula is C27H27ClN4O. The second-order valence-corrected chi connectivity index (χ2v) is 8.77. The van der Waals surface area contributed by atoms with Crippen molar-refractivity contribution in [2.45, 2.75) is 13.3 Å². The number of likely N-dealkylation sites (N-methyl/N-ethyl adjacent to an activating group) is 1. The van der Waals surface area contributed by atoms with Crippen LogP contribution < -0.4 is 5.32 Å². The molecule has 0 unspecified atom stereocenters. The molecule has 0 aliphatic heterocycles. The number of rotatable bonds is 7. The van der Waals surface area contributed by atoms with Crippen LogP contribution in [0.25, 0.3) is 33.4 Å². The second-order valence-electron chi connectivity index (χ2n) is 8.36. The highest BCUT2D eigenvalue weighted by Gasteiger charge is 2.19. The number of nitrogens with zero attached hydrogens (tertiary/aromatic N) is 2. The van der Waals surface area contributed by atoms with Crippen LogP contribution in [-0.2, 0) is 11.2 Å². The lowest BCUT2D eigenvalue weighted by Crippen LogP contribution is -2.14. The van der Waals surface area contributed by atoms with Crippen molar-refractivity contribution >= 4 is 34.2 Å². The molecule has 0 aliphatic rings. The summed E-state index contributed by atoms with van der Waals surface area (Å²) >= 11 is 6.64. The minimum atomic E-state index is -0.248. The molecule has 168 valence electrons. The highest BCUT2D eigenvalue weighted by atomic mass is 35.5. The molecule has 2 aromatic heterocycles. The van der Waals surface area contributed by atoms with Gasteiger partial charge in [-0.15, -0.1) is 0 Å². The Morgan fingerprint density at radius 1 is 1.15 bits per heavy atom. The molecule has 4 rings (SSSR count). The summed E-state index contributed by atoms with van der Waals surface area (Å²) in [6.45, 7) is 6.51. The van der Waals surface area contributed by atoms with Gasteiger partial charge in [0.1, 0.15) is 5.65 Å². The van der Waals surface area contributed by atoms with Crippen LogP contribution in [0.1, 0.15) is 11.1 Å². The zero-order valence-corrected chi connectivity index (χ0v) is 19.8. The van der Waals surface area contributed by atoms with E-state index in [1.54, 1.807) is 12.3 Å². The van der Waals surface area contributed by atoms with Crippen molar-refractivity contribution in [3.05, 3.63) is 83.5 Å². The first-order chi connectivity index (χ1) is 15.9. The van der Waals surface area contributed by atoms with Gasteiger partial charge < -0.3 is 15.2 Å². The molecule has 0 bridgehead atoms. The van der Waals surface area contributed by atoms with Gasteiger partial charge in [0.05, 0.1) is 10.7 Å². The molecule has 2 N–H and O–H groups in total. The van der Waals surface area contributed by atoms with Gasteiger partial charge in [-0.25, -0.2) is 4.98 Å². The Morgan fingerprint density at radius 3 is 2.58 bits per heavy atom. The Hall–Kier alpha value is -3.41. The highest BCUT2D eigenvalue weighted by Crippen LogP contribution is 2.41. The number of carbonyl (C=O) groups is 1.